The van der Waals surface area contributed by atoms with Crippen molar-refractivity contribution < 1.29 is 9.84 Å². The fraction of sp³-hybridized carbons (Fsp3) is 0.647. The summed E-state index contributed by atoms with van der Waals surface area (Å²) in [6.45, 7) is 10.8. The molecule has 0 aromatic heterocycles. The summed E-state index contributed by atoms with van der Waals surface area (Å²) in [5, 5.41) is 10.1. The predicted molar refractivity (Wildman–Crippen MR) is 83.4 cm³/mol. The zero-order valence-corrected chi connectivity index (χ0v) is 13.3. The van der Waals surface area contributed by atoms with E-state index in [1.807, 2.05) is 12.1 Å². The number of hydrogen-bond donors (Lipinski definition) is 1. The van der Waals surface area contributed by atoms with Crippen molar-refractivity contribution in [2.24, 2.45) is 11.3 Å². The van der Waals surface area contributed by atoms with Crippen LogP contribution in [0.5, 0.6) is 5.75 Å². The molecule has 1 heterocycles. The summed E-state index contributed by atoms with van der Waals surface area (Å²) in [6, 6.07) is 6.02. The Kier molecular flexibility index (Phi) is 4.28. The zero-order chi connectivity index (χ0) is 14.9. The molecule has 0 aliphatic carbocycles. The molecule has 2 atom stereocenters. The van der Waals surface area contributed by atoms with Gasteiger partial charge in [-0.15, -0.1) is 0 Å². The van der Waals surface area contributed by atoms with E-state index in [2.05, 4.69) is 31.7 Å². The lowest BCUT2D eigenvalue weighted by Gasteiger charge is -2.29. The second kappa shape index (κ2) is 5.65. The molecule has 0 bridgehead atoms. The average Bonchev–Trinajstić information content (AvgIpc) is 2.86. The van der Waals surface area contributed by atoms with Crippen molar-refractivity contribution in [1.82, 2.24) is 0 Å². The summed E-state index contributed by atoms with van der Waals surface area (Å²) in [6.07, 6.45) is 0.690. The van der Waals surface area contributed by atoms with Crippen LogP contribution in [-0.4, -0.2) is 25.3 Å². The quantitative estimate of drug-likeness (QED) is 0.916. The third kappa shape index (κ3) is 2.93. The molecule has 112 valence electrons. The molecule has 0 saturated carbocycles. The van der Waals surface area contributed by atoms with Crippen LogP contribution in [0, 0.1) is 11.3 Å². The molecule has 2 rings (SSSR count). The SMILES string of the molecule is COc1cccc(N2CCC(C(C)(C)C)C2)c1[C@H](C)O. The van der Waals surface area contributed by atoms with Gasteiger partial charge in [-0.1, -0.05) is 26.8 Å². The lowest BCUT2D eigenvalue weighted by atomic mass is 9.80. The largest absolute Gasteiger partial charge is 0.496 e. The topological polar surface area (TPSA) is 32.7 Å². The molecule has 1 unspecified atom stereocenters. The fourth-order valence-electron chi connectivity index (χ4n) is 3.09. The minimum absolute atomic E-state index is 0.332. The number of rotatable bonds is 3. The first-order chi connectivity index (χ1) is 9.34. The Morgan fingerprint density at radius 1 is 1.35 bits per heavy atom. The summed E-state index contributed by atoms with van der Waals surface area (Å²) in [4.78, 5) is 2.39. The number of aliphatic hydroxyl groups excluding tert-OH is 1. The highest BCUT2D eigenvalue weighted by molar-refractivity contribution is 5.61. The van der Waals surface area contributed by atoms with E-state index < -0.39 is 6.10 Å². The Bertz CT molecular complexity index is 463. The van der Waals surface area contributed by atoms with E-state index in [0.717, 1.165) is 30.1 Å². The second-order valence-electron chi connectivity index (χ2n) is 6.87. The van der Waals surface area contributed by atoms with Gasteiger partial charge in [0.15, 0.2) is 0 Å². The molecule has 3 nitrogen and oxygen atoms in total. The van der Waals surface area contributed by atoms with Crippen LogP contribution < -0.4 is 9.64 Å². The summed E-state index contributed by atoms with van der Waals surface area (Å²) >= 11 is 0. The van der Waals surface area contributed by atoms with E-state index in [9.17, 15) is 5.11 Å². The molecule has 1 aliphatic rings. The van der Waals surface area contributed by atoms with Crippen LogP contribution in [0.15, 0.2) is 18.2 Å². The Morgan fingerprint density at radius 2 is 2.05 bits per heavy atom. The first-order valence-corrected chi connectivity index (χ1v) is 7.44. The Morgan fingerprint density at radius 3 is 2.55 bits per heavy atom. The van der Waals surface area contributed by atoms with E-state index in [1.165, 1.54) is 6.42 Å². The summed E-state index contributed by atoms with van der Waals surface area (Å²) in [5.41, 5.74) is 2.36. The maximum Gasteiger partial charge on any atom is 0.126 e. The summed E-state index contributed by atoms with van der Waals surface area (Å²) < 4.78 is 5.41. The van der Waals surface area contributed by atoms with Crippen molar-refractivity contribution in [3.05, 3.63) is 23.8 Å². The van der Waals surface area contributed by atoms with Crippen LogP contribution in [0.1, 0.15) is 45.8 Å². The number of ether oxygens (including phenoxy) is 1. The van der Waals surface area contributed by atoms with Gasteiger partial charge in [0.05, 0.1) is 13.2 Å². The zero-order valence-electron chi connectivity index (χ0n) is 13.3. The van der Waals surface area contributed by atoms with Gasteiger partial charge in [-0.2, -0.15) is 0 Å². The molecule has 0 radical (unpaired) electrons. The van der Waals surface area contributed by atoms with Gasteiger partial charge >= 0.3 is 0 Å². The summed E-state index contributed by atoms with van der Waals surface area (Å²) in [7, 11) is 1.66. The number of nitrogens with zero attached hydrogens (tertiary/aromatic N) is 1. The molecule has 20 heavy (non-hydrogen) atoms. The number of benzene rings is 1. The Labute approximate surface area is 122 Å². The second-order valence-corrected chi connectivity index (χ2v) is 6.87. The van der Waals surface area contributed by atoms with Gasteiger partial charge in [0, 0.05) is 24.3 Å². The van der Waals surface area contributed by atoms with E-state index in [1.54, 1.807) is 14.0 Å². The standard InChI is InChI=1S/C17H27NO2/c1-12(19)16-14(7-6-8-15(16)20-5)18-10-9-13(11-18)17(2,3)4/h6-8,12-13,19H,9-11H2,1-5H3/t12-,13?/m0/s1. The highest BCUT2D eigenvalue weighted by Crippen LogP contribution is 2.40. The Balaban J connectivity index is 2.30. The molecule has 0 spiro atoms. The van der Waals surface area contributed by atoms with Crippen molar-refractivity contribution in [1.29, 1.82) is 0 Å². The van der Waals surface area contributed by atoms with Gasteiger partial charge in [-0.25, -0.2) is 0 Å². The molecule has 3 heteroatoms. The third-order valence-electron chi connectivity index (χ3n) is 4.43. The van der Waals surface area contributed by atoms with E-state index >= 15 is 0 Å². The van der Waals surface area contributed by atoms with Crippen LogP contribution >= 0.6 is 0 Å². The lowest BCUT2D eigenvalue weighted by molar-refractivity contribution is 0.194. The molecule has 0 amide bonds. The van der Waals surface area contributed by atoms with Crippen LogP contribution in [0.25, 0.3) is 0 Å². The Hall–Kier alpha value is -1.22. The minimum atomic E-state index is -0.519. The molecule has 1 aromatic rings. The van der Waals surface area contributed by atoms with Gasteiger partial charge in [0.25, 0.3) is 0 Å². The predicted octanol–water partition coefficient (Wildman–Crippen LogP) is 3.62. The van der Waals surface area contributed by atoms with E-state index in [-0.39, 0.29) is 0 Å². The molecule has 1 saturated heterocycles. The molecule has 1 aliphatic heterocycles. The normalized spacial score (nSPS) is 21.1. The number of methoxy groups -OCH3 is 1. The van der Waals surface area contributed by atoms with Crippen molar-refractivity contribution in [2.45, 2.75) is 40.2 Å². The third-order valence-corrected chi connectivity index (χ3v) is 4.43. The summed E-state index contributed by atoms with van der Waals surface area (Å²) in [5.74, 6) is 1.47. The van der Waals surface area contributed by atoms with Gasteiger partial charge in [-0.3, -0.25) is 0 Å². The van der Waals surface area contributed by atoms with Crippen LogP contribution in [-0.2, 0) is 0 Å². The van der Waals surface area contributed by atoms with Gasteiger partial charge < -0.3 is 14.7 Å². The van der Waals surface area contributed by atoms with Crippen molar-refractivity contribution in [3.63, 3.8) is 0 Å². The fourth-order valence-corrected chi connectivity index (χ4v) is 3.09. The monoisotopic (exact) mass is 277 g/mol. The number of aliphatic hydroxyl groups is 1. The highest BCUT2D eigenvalue weighted by atomic mass is 16.5. The molecule has 1 aromatic carbocycles. The van der Waals surface area contributed by atoms with Crippen molar-refractivity contribution in [3.8, 4) is 5.75 Å². The minimum Gasteiger partial charge on any atom is -0.496 e. The highest BCUT2D eigenvalue weighted by Gasteiger charge is 2.33. The van der Waals surface area contributed by atoms with Gasteiger partial charge in [0.1, 0.15) is 5.75 Å². The molecular formula is C17H27NO2. The van der Waals surface area contributed by atoms with Crippen LogP contribution in [0.3, 0.4) is 0 Å². The van der Waals surface area contributed by atoms with Crippen LogP contribution in [0.2, 0.25) is 0 Å². The first-order valence-electron chi connectivity index (χ1n) is 7.44. The van der Waals surface area contributed by atoms with Crippen molar-refractivity contribution in [2.75, 3.05) is 25.1 Å². The van der Waals surface area contributed by atoms with Crippen molar-refractivity contribution >= 4 is 5.69 Å². The maximum atomic E-state index is 10.1. The number of hydrogen-bond acceptors (Lipinski definition) is 3. The maximum absolute atomic E-state index is 10.1. The average molecular weight is 277 g/mol. The van der Waals surface area contributed by atoms with E-state index in [0.29, 0.717) is 11.3 Å². The first kappa shape index (κ1) is 15.2. The van der Waals surface area contributed by atoms with Crippen LogP contribution in [0.4, 0.5) is 5.69 Å². The molecule has 1 fully saturated rings. The van der Waals surface area contributed by atoms with Gasteiger partial charge in [0.2, 0.25) is 0 Å². The van der Waals surface area contributed by atoms with E-state index in [4.69, 9.17) is 4.74 Å². The molecular weight excluding hydrogens is 250 g/mol. The van der Waals surface area contributed by atoms with Gasteiger partial charge in [-0.05, 0) is 36.8 Å². The smallest absolute Gasteiger partial charge is 0.126 e. The molecule has 1 N–H and O–H groups in total. The lowest BCUT2D eigenvalue weighted by Crippen LogP contribution is -2.26. The number of anilines is 1.